The summed E-state index contributed by atoms with van der Waals surface area (Å²) in [6.07, 6.45) is -0.661. The minimum Gasteiger partial charge on any atom is -0.508 e. The van der Waals surface area contributed by atoms with Gasteiger partial charge in [-0.1, -0.05) is 26.0 Å². The fraction of sp³-hybridized carbons (Fsp3) is 0.462. The number of amides is 1. The molecule has 10 nitrogen and oxygen atoms in total. The highest BCUT2D eigenvalue weighted by molar-refractivity contribution is 6.43. The van der Waals surface area contributed by atoms with Crippen molar-refractivity contribution < 1.29 is 24.5 Å². The van der Waals surface area contributed by atoms with Crippen LogP contribution in [0.25, 0.3) is 0 Å². The van der Waals surface area contributed by atoms with Crippen molar-refractivity contribution in [2.45, 2.75) is 32.5 Å². The van der Waals surface area contributed by atoms with E-state index in [9.17, 15) is 15.0 Å². The highest BCUT2D eigenvalue weighted by atomic mass is 16.5. The van der Waals surface area contributed by atoms with Gasteiger partial charge in [0.05, 0.1) is 26.4 Å². The van der Waals surface area contributed by atoms with Gasteiger partial charge < -0.3 is 25.4 Å². The van der Waals surface area contributed by atoms with Crippen molar-refractivity contribution in [1.29, 1.82) is 0 Å². The van der Waals surface area contributed by atoms with Crippen molar-refractivity contribution in [3.63, 3.8) is 0 Å². The average Bonchev–Trinajstić information content (AvgIpc) is 3.23. The van der Waals surface area contributed by atoms with E-state index in [0.29, 0.717) is 30.0 Å². The van der Waals surface area contributed by atoms with Gasteiger partial charge in [0.15, 0.2) is 6.17 Å². The highest BCUT2D eigenvalue weighted by Gasteiger charge is 2.40. The Bertz CT molecular complexity index is 1100. The number of carbonyl (C=O) groups excluding carboxylic acids is 1. The zero-order chi connectivity index (χ0) is 25.8. The first-order valence-electron chi connectivity index (χ1n) is 12.2. The summed E-state index contributed by atoms with van der Waals surface area (Å²) in [6.45, 7) is 8.69. The molecule has 0 saturated carbocycles. The van der Waals surface area contributed by atoms with Gasteiger partial charge in [-0.15, -0.1) is 0 Å². The SMILES string of the molecule is COCCN1N=C(C(N)=O)N(c2ccc(CN3CCOCC3)cc2)C1c1cc(C(C)C)c(O)cc1O. The summed E-state index contributed by atoms with van der Waals surface area (Å²) in [7, 11) is 1.59. The van der Waals surface area contributed by atoms with E-state index >= 15 is 0 Å². The number of benzene rings is 2. The van der Waals surface area contributed by atoms with Crippen LogP contribution in [0.3, 0.4) is 0 Å². The first kappa shape index (κ1) is 25.7. The number of anilines is 1. The Morgan fingerprint density at radius 2 is 1.86 bits per heavy atom. The maximum Gasteiger partial charge on any atom is 0.286 e. The largest absolute Gasteiger partial charge is 0.508 e. The molecule has 1 atom stereocenters. The standard InChI is InChI=1S/C26H35N5O5/c1-17(2)20-14-21(23(33)15-22(20)32)26-30(10-11-35-3)28-25(24(27)34)31(26)19-6-4-18(5-7-19)16-29-8-12-36-13-9-29/h4-7,14-15,17,26,32-33H,8-13,16H2,1-3H3,(H2,27,34). The normalized spacial score (nSPS) is 18.7. The molecule has 1 saturated heterocycles. The van der Waals surface area contributed by atoms with Crippen molar-refractivity contribution in [3.05, 3.63) is 53.1 Å². The second-order valence-electron chi connectivity index (χ2n) is 9.37. The van der Waals surface area contributed by atoms with Crippen molar-refractivity contribution >= 4 is 17.4 Å². The molecule has 4 N–H and O–H groups in total. The lowest BCUT2D eigenvalue weighted by Gasteiger charge is -2.33. The van der Waals surface area contributed by atoms with Gasteiger partial charge >= 0.3 is 0 Å². The fourth-order valence-electron chi connectivity index (χ4n) is 4.62. The zero-order valence-corrected chi connectivity index (χ0v) is 21.1. The Balaban J connectivity index is 1.73. The van der Waals surface area contributed by atoms with Crippen molar-refractivity contribution in [3.8, 4) is 11.5 Å². The number of hydrogen-bond acceptors (Lipinski definition) is 9. The maximum atomic E-state index is 12.5. The Labute approximate surface area is 211 Å². The van der Waals surface area contributed by atoms with Gasteiger partial charge in [0.2, 0.25) is 5.84 Å². The summed E-state index contributed by atoms with van der Waals surface area (Å²) in [5.74, 6) is -0.681. The van der Waals surface area contributed by atoms with Gasteiger partial charge in [0.1, 0.15) is 11.5 Å². The van der Waals surface area contributed by atoms with Crippen LogP contribution >= 0.6 is 0 Å². The van der Waals surface area contributed by atoms with Crippen molar-refractivity contribution in [2.24, 2.45) is 10.8 Å². The Hall–Kier alpha value is -3.34. The zero-order valence-electron chi connectivity index (χ0n) is 21.1. The number of amidine groups is 1. The van der Waals surface area contributed by atoms with E-state index in [1.54, 1.807) is 23.1 Å². The number of morpholine rings is 1. The minimum absolute atomic E-state index is 0.0163. The molecule has 0 aliphatic carbocycles. The Morgan fingerprint density at radius 3 is 2.47 bits per heavy atom. The number of nitrogens with two attached hydrogens (primary N) is 1. The molecule has 0 radical (unpaired) electrons. The van der Waals surface area contributed by atoms with E-state index < -0.39 is 12.1 Å². The van der Waals surface area contributed by atoms with Crippen LogP contribution in [0, 0.1) is 0 Å². The van der Waals surface area contributed by atoms with Crippen molar-refractivity contribution in [2.75, 3.05) is 51.5 Å². The van der Waals surface area contributed by atoms with E-state index in [2.05, 4.69) is 10.0 Å². The maximum absolute atomic E-state index is 12.5. The van der Waals surface area contributed by atoms with Gasteiger partial charge in [-0.2, -0.15) is 5.10 Å². The van der Waals surface area contributed by atoms with Crippen molar-refractivity contribution in [1.82, 2.24) is 9.91 Å². The number of hydrazone groups is 1. The number of primary amides is 1. The topological polar surface area (TPSA) is 124 Å². The molecule has 2 aliphatic rings. The lowest BCUT2D eigenvalue weighted by Crippen LogP contribution is -2.41. The van der Waals surface area contributed by atoms with Crippen LogP contribution in [-0.4, -0.2) is 78.4 Å². The summed E-state index contributed by atoms with van der Waals surface area (Å²) in [5.41, 5.74) is 8.80. The number of phenols is 2. The second kappa shape index (κ2) is 11.2. The molecule has 0 bridgehead atoms. The number of nitrogens with zero attached hydrogens (tertiary/aromatic N) is 4. The highest BCUT2D eigenvalue weighted by Crippen LogP contribution is 2.42. The molecule has 2 aromatic rings. The summed E-state index contributed by atoms with van der Waals surface area (Å²) in [6, 6.07) is 11.0. The summed E-state index contributed by atoms with van der Waals surface area (Å²) >= 11 is 0. The summed E-state index contributed by atoms with van der Waals surface area (Å²) in [4.78, 5) is 16.6. The number of phenolic OH excluding ortho intramolecular Hbond substituents is 2. The van der Waals surface area contributed by atoms with Gasteiger partial charge in [0, 0.05) is 44.1 Å². The molecule has 1 unspecified atom stereocenters. The lowest BCUT2D eigenvalue weighted by molar-refractivity contribution is -0.112. The predicted molar refractivity (Wildman–Crippen MR) is 137 cm³/mol. The van der Waals surface area contributed by atoms with Gasteiger partial charge in [-0.3, -0.25) is 19.6 Å². The molecule has 36 heavy (non-hydrogen) atoms. The number of carbonyl (C=O) groups is 1. The van der Waals surface area contributed by atoms with E-state index in [0.717, 1.165) is 38.4 Å². The predicted octanol–water partition coefficient (Wildman–Crippen LogP) is 2.32. The molecule has 2 heterocycles. The number of hydrogen-bond donors (Lipinski definition) is 3. The van der Waals surface area contributed by atoms with E-state index in [4.69, 9.17) is 15.2 Å². The Kier molecular flexibility index (Phi) is 7.97. The minimum atomic E-state index is -0.681. The molecule has 4 rings (SSSR count). The number of methoxy groups -OCH3 is 1. The molecular formula is C26H35N5O5. The summed E-state index contributed by atoms with van der Waals surface area (Å²) < 4.78 is 10.7. The van der Waals surface area contributed by atoms with E-state index in [-0.39, 0.29) is 23.3 Å². The molecule has 194 valence electrons. The second-order valence-corrected chi connectivity index (χ2v) is 9.37. The van der Waals surface area contributed by atoms with Gasteiger partial charge in [-0.25, -0.2) is 0 Å². The van der Waals surface area contributed by atoms with Crippen LogP contribution in [0.2, 0.25) is 0 Å². The van der Waals surface area contributed by atoms with Crippen LogP contribution in [0.1, 0.15) is 42.6 Å². The first-order chi connectivity index (χ1) is 17.3. The third kappa shape index (κ3) is 5.40. The molecule has 1 fully saturated rings. The van der Waals surface area contributed by atoms with E-state index in [1.807, 2.05) is 38.1 Å². The average molecular weight is 498 g/mol. The third-order valence-electron chi connectivity index (χ3n) is 6.52. The molecule has 10 heteroatoms. The fourth-order valence-corrected chi connectivity index (χ4v) is 4.62. The van der Waals surface area contributed by atoms with Gasteiger partial charge in [0.25, 0.3) is 5.91 Å². The van der Waals surface area contributed by atoms with Gasteiger partial charge in [-0.05, 0) is 35.2 Å². The quantitative estimate of drug-likeness (QED) is 0.482. The monoisotopic (exact) mass is 497 g/mol. The van der Waals surface area contributed by atoms with Crippen LogP contribution in [0.15, 0.2) is 41.5 Å². The first-order valence-corrected chi connectivity index (χ1v) is 12.2. The molecule has 2 aliphatic heterocycles. The number of rotatable bonds is 9. The summed E-state index contributed by atoms with van der Waals surface area (Å²) in [5, 5.41) is 27.5. The lowest BCUT2D eigenvalue weighted by atomic mass is 9.97. The molecule has 1 amide bonds. The van der Waals surface area contributed by atoms with Crippen LogP contribution in [0.5, 0.6) is 11.5 Å². The third-order valence-corrected chi connectivity index (χ3v) is 6.52. The van der Waals surface area contributed by atoms with E-state index in [1.165, 1.54) is 6.07 Å². The van der Waals surface area contributed by atoms with Crippen LogP contribution < -0.4 is 10.6 Å². The smallest absolute Gasteiger partial charge is 0.286 e. The number of ether oxygens (including phenoxy) is 2. The molecule has 0 aromatic heterocycles. The Morgan fingerprint density at radius 1 is 1.17 bits per heavy atom. The molecular weight excluding hydrogens is 462 g/mol. The van der Waals surface area contributed by atoms with Crippen LogP contribution in [0.4, 0.5) is 5.69 Å². The van der Waals surface area contributed by atoms with Crippen LogP contribution in [-0.2, 0) is 20.8 Å². The molecule has 0 spiro atoms. The molecule has 2 aromatic carbocycles. The number of aromatic hydroxyl groups is 2.